The van der Waals surface area contributed by atoms with E-state index in [0.717, 1.165) is 5.69 Å². The molecule has 0 saturated heterocycles. The Hall–Kier alpha value is -2.64. The molecular weight excluding hydrogens is 324 g/mol. The van der Waals surface area contributed by atoms with Gasteiger partial charge in [0.15, 0.2) is 0 Å². The van der Waals surface area contributed by atoms with E-state index in [-0.39, 0.29) is 17.5 Å². The molecule has 0 unspecified atom stereocenters. The molecule has 138 valence electrons. The predicted octanol–water partition coefficient (Wildman–Crippen LogP) is 2.07. The molecule has 0 aliphatic heterocycles. The zero-order chi connectivity index (χ0) is 18.9. The summed E-state index contributed by atoms with van der Waals surface area (Å²) in [5.74, 6) is -0.101. The smallest absolute Gasteiger partial charge is 0.269 e. The molecule has 0 aliphatic carbocycles. The van der Waals surface area contributed by atoms with Gasteiger partial charge in [0.1, 0.15) is 0 Å². The number of benzene rings is 1. The standard InChI is InChI=1S/C17H26N4O4/c1-17(2,3)16(23)20-10-4-5-15(22)19-12-11-18-13-6-8-14(9-7-13)21(24)25/h6-9,18H,4-5,10-12H2,1-3H3,(H,19,22)(H,20,23). The molecule has 0 saturated carbocycles. The van der Waals surface area contributed by atoms with Gasteiger partial charge in [-0.25, -0.2) is 0 Å². The van der Waals surface area contributed by atoms with Crippen LogP contribution in [-0.4, -0.2) is 36.4 Å². The minimum atomic E-state index is -0.450. The van der Waals surface area contributed by atoms with Crippen molar-refractivity contribution in [2.75, 3.05) is 25.0 Å². The number of amides is 2. The summed E-state index contributed by atoms with van der Waals surface area (Å²) in [6.45, 7) is 6.96. The number of carbonyl (C=O) groups excluding carboxylic acids is 2. The summed E-state index contributed by atoms with van der Waals surface area (Å²) >= 11 is 0. The number of carbonyl (C=O) groups is 2. The zero-order valence-electron chi connectivity index (χ0n) is 14.9. The first-order valence-corrected chi connectivity index (χ1v) is 8.23. The van der Waals surface area contributed by atoms with Crippen LogP contribution in [0.2, 0.25) is 0 Å². The SMILES string of the molecule is CC(C)(C)C(=O)NCCCC(=O)NCCNc1ccc([N+](=O)[O-])cc1. The van der Waals surface area contributed by atoms with Crippen LogP contribution in [0.25, 0.3) is 0 Å². The Kier molecular flexibility index (Phi) is 7.84. The first kappa shape index (κ1) is 20.4. The van der Waals surface area contributed by atoms with Crippen molar-refractivity contribution >= 4 is 23.2 Å². The molecule has 8 heteroatoms. The van der Waals surface area contributed by atoms with Gasteiger partial charge in [0.2, 0.25) is 11.8 Å². The summed E-state index contributed by atoms with van der Waals surface area (Å²) in [5.41, 5.74) is 0.369. The van der Waals surface area contributed by atoms with Crippen molar-refractivity contribution in [2.24, 2.45) is 5.41 Å². The van der Waals surface area contributed by atoms with Crippen LogP contribution in [0.3, 0.4) is 0 Å². The first-order chi connectivity index (χ1) is 11.7. The highest BCUT2D eigenvalue weighted by atomic mass is 16.6. The van der Waals surface area contributed by atoms with Crippen molar-refractivity contribution in [2.45, 2.75) is 33.6 Å². The lowest BCUT2D eigenvalue weighted by atomic mass is 9.96. The predicted molar refractivity (Wildman–Crippen MR) is 96.3 cm³/mol. The molecule has 25 heavy (non-hydrogen) atoms. The van der Waals surface area contributed by atoms with E-state index >= 15 is 0 Å². The highest BCUT2D eigenvalue weighted by molar-refractivity contribution is 5.81. The topological polar surface area (TPSA) is 113 Å². The molecule has 0 atom stereocenters. The van der Waals surface area contributed by atoms with Crippen LogP contribution < -0.4 is 16.0 Å². The Morgan fingerprint density at radius 2 is 1.68 bits per heavy atom. The number of non-ortho nitro benzene ring substituents is 1. The number of hydrogen-bond acceptors (Lipinski definition) is 5. The van der Waals surface area contributed by atoms with E-state index in [1.54, 1.807) is 12.1 Å². The third kappa shape index (κ3) is 8.14. The summed E-state index contributed by atoms with van der Waals surface area (Å²) in [5, 5.41) is 19.2. The molecule has 0 spiro atoms. The van der Waals surface area contributed by atoms with Crippen LogP contribution in [0.15, 0.2) is 24.3 Å². The summed E-state index contributed by atoms with van der Waals surface area (Å²) in [4.78, 5) is 33.5. The maximum atomic E-state index is 11.7. The fourth-order valence-corrected chi connectivity index (χ4v) is 1.91. The number of nitrogens with zero attached hydrogens (tertiary/aromatic N) is 1. The Morgan fingerprint density at radius 3 is 2.24 bits per heavy atom. The number of anilines is 1. The summed E-state index contributed by atoms with van der Waals surface area (Å²) in [6.07, 6.45) is 0.936. The van der Waals surface area contributed by atoms with Gasteiger partial charge in [-0.05, 0) is 18.6 Å². The Balaban J connectivity index is 2.12. The quantitative estimate of drug-likeness (QED) is 0.358. The second-order valence-corrected chi connectivity index (χ2v) is 6.69. The van der Waals surface area contributed by atoms with Crippen LogP contribution in [-0.2, 0) is 9.59 Å². The van der Waals surface area contributed by atoms with E-state index in [1.165, 1.54) is 12.1 Å². The second kappa shape index (κ2) is 9.61. The van der Waals surface area contributed by atoms with E-state index in [2.05, 4.69) is 16.0 Å². The minimum absolute atomic E-state index is 0.0276. The fourth-order valence-electron chi connectivity index (χ4n) is 1.91. The number of nitrogens with one attached hydrogen (secondary N) is 3. The molecule has 1 rings (SSSR count). The lowest BCUT2D eigenvalue weighted by Crippen LogP contribution is -2.36. The van der Waals surface area contributed by atoms with E-state index < -0.39 is 10.3 Å². The molecular formula is C17H26N4O4. The van der Waals surface area contributed by atoms with Crippen molar-refractivity contribution in [3.63, 3.8) is 0 Å². The maximum absolute atomic E-state index is 11.7. The van der Waals surface area contributed by atoms with Gasteiger partial charge in [-0.15, -0.1) is 0 Å². The van der Waals surface area contributed by atoms with Crippen molar-refractivity contribution < 1.29 is 14.5 Å². The second-order valence-electron chi connectivity index (χ2n) is 6.69. The Labute approximate surface area is 147 Å². The maximum Gasteiger partial charge on any atom is 0.269 e. The number of nitro benzene ring substituents is 1. The van der Waals surface area contributed by atoms with Crippen molar-refractivity contribution in [3.8, 4) is 0 Å². The minimum Gasteiger partial charge on any atom is -0.383 e. The van der Waals surface area contributed by atoms with Crippen molar-refractivity contribution in [1.82, 2.24) is 10.6 Å². The molecule has 0 aromatic heterocycles. The molecule has 0 bridgehead atoms. The van der Waals surface area contributed by atoms with Crippen LogP contribution in [0.4, 0.5) is 11.4 Å². The average molecular weight is 350 g/mol. The molecule has 3 N–H and O–H groups in total. The highest BCUT2D eigenvalue weighted by Crippen LogP contribution is 2.15. The molecule has 0 radical (unpaired) electrons. The number of rotatable bonds is 9. The van der Waals surface area contributed by atoms with Crippen molar-refractivity contribution in [3.05, 3.63) is 34.4 Å². The van der Waals surface area contributed by atoms with Crippen LogP contribution in [0, 0.1) is 15.5 Å². The lowest BCUT2D eigenvalue weighted by Gasteiger charge is -2.17. The normalized spacial score (nSPS) is 10.8. The van der Waals surface area contributed by atoms with E-state index in [1.807, 2.05) is 20.8 Å². The number of hydrogen-bond donors (Lipinski definition) is 3. The van der Waals surface area contributed by atoms with Gasteiger partial charge in [0.25, 0.3) is 5.69 Å². The molecule has 1 aromatic carbocycles. The van der Waals surface area contributed by atoms with Gasteiger partial charge in [0, 0.05) is 49.3 Å². The molecule has 0 heterocycles. The molecule has 1 aromatic rings. The largest absolute Gasteiger partial charge is 0.383 e. The van der Waals surface area contributed by atoms with E-state index in [0.29, 0.717) is 32.5 Å². The van der Waals surface area contributed by atoms with Gasteiger partial charge >= 0.3 is 0 Å². The van der Waals surface area contributed by atoms with Crippen molar-refractivity contribution in [1.29, 1.82) is 0 Å². The molecule has 2 amide bonds. The van der Waals surface area contributed by atoms with Gasteiger partial charge < -0.3 is 16.0 Å². The molecule has 0 aliphatic rings. The van der Waals surface area contributed by atoms with Crippen LogP contribution >= 0.6 is 0 Å². The third-order valence-corrected chi connectivity index (χ3v) is 3.40. The monoisotopic (exact) mass is 350 g/mol. The molecule has 0 fully saturated rings. The Morgan fingerprint density at radius 1 is 1.04 bits per heavy atom. The van der Waals surface area contributed by atoms with E-state index in [9.17, 15) is 19.7 Å². The molecule has 8 nitrogen and oxygen atoms in total. The highest BCUT2D eigenvalue weighted by Gasteiger charge is 2.20. The van der Waals surface area contributed by atoms with Gasteiger partial charge in [-0.2, -0.15) is 0 Å². The zero-order valence-corrected chi connectivity index (χ0v) is 14.9. The fraction of sp³-hybridized carbons (Fsp3) is 0.529. The van der Waals surface area contributed by atoms with E-state index in [4.69, 9.17) is 0 Å². The van der Waals surface area contributed by atoms with Crippen LogP contribution in [0.5, 0.6) is 0 Å². The average Bonchev–Trinajstić information content (AvgIpc) is 2.55. The summed E-state index contributed by atoms with van der Waals surface area (Å²) in [7, 11) is 0. The number of nitro groups is 1. The van der Waals surface area contributed by atoms with Gasteiger partial charge in [-0.3, -0.25) is 19.7 Å². The lowest BCUT2D eigenvalue weighted by molar-refractivity contribution is -0.384. The first-order valence-electron chi connectivity index (χ1n) is 8.23. The third-order valence-electron chi connectivity index (χ3n) is 3.40. The summed E-state index contributed by atoms with van der Waals surface area (Å²) < 4.78 is 0. The van der Waals surface area contributed by atoms with Gasteiger partial charge in [0.05, 0.1) is 4.92 Å². The summed E-state index contributed by atoms with van der Waals surface area (Å²) in [6, 6.07) is 6.09. The van der Waals surface area contributed by atoms with Gasteiger partial charge in [-0.1, -0.05) is 20.8 Å². The van der Waals surface area contributed by atoms with Crippen LogP contribution in [0.1, 0.15) is 33.6 Å². The Bertz CT molecular complexity index is 594.